The molecule has 5 fully saturated rings. The molecule has 2 unspecified atom stereocenters. The highest BCUT2D eigenvalue weighted by molar-refractivity contribution is 8.77. The van der Waals surface area contributed by atoms with Crippen molar-refractivity contribution in [3.8, 4) is 11.6 Å². The first-order valence-corrected chi connectivity index (χ1v) is 37.3. The number of amides is 1. The van der Waals surface area contributed by atoms with E-state index in [2.05, 4.69) is 31.9 Å². The zero-order valence-electron chi connectivity index (χ0n) is 51.9. The van der Waals surface area contributed by atoms with Crippen LogP contribution in [0.2, 0.25) is 0 Å². The molecule has 0 bridgehead atoms. The molecule has 6 aliphatic rings. The average Bonchev–Trinajstić information content (AvgIpc) is 1.59. The van der Waals surface area contributed by atoms with Gasteiger partial charge in [-0.15, -0.1) is 30.3 Å². The molecule has 8 rings (SSSR count). The van der Waals surface area contributed by atoms with Gasteiger partial charge in [-0.1, -0.05) is 115 Å². The van der Waals surface area contributed by atoms with Gasteiger partial charge in [-0.2, -0.15) is 10.2 Å². The summed E-state index contributed by atoms with van der Waals surface area (Å²) < 4.78 is 36.1. The number of rotatable bonds is 32. The number of hydrogen-bond donors (Lipinski definition) is 3. The Labute approximate surface area is 551 Å². The van der Waals surface area contributed by atoms with Crippen LogP contribution >= 0.6 is 64.8 Å². The molecule has 34 heteroatoms. The number of benzene rings is 1. The number of para-hydroxylation sites is 1. The standard InChI is InChI=1S/C29H40N2O10S2.C14H17N3O4S2.C14H26N2O7S2/c1-3-4-25-40-24-14-20-19-6-5-17-13-18(32)7-8-28(17,2)26(19)22(33)15-21(20)29(24,41-25)23(34)16-38-27(35)30-9-11-42-43-12-10-39-31(36)37;1-12-11-14(16(15-12)13-5-3-2-4-6-13)20-7-9-22-23-10-8-21-17(18)19;1-13(2)9-11(10-14(3,4)15(13)18)23-12(17)21-5-7-24-25-8-6-22-16(19)20/h7-8,13,19-22,24-26,33H,3-6,9-12,14-16H2,1-2H3,(H,30,35);2-6,11H,7-10H2,1H3;11,18H,5-10H2,1-4H3/t19-,20-,21?,22-,24+,25?,26+,28-,29+;;/m0../s1. The Kier molecular flexibility index (Phi) is 29.8. The van der Waals surface area contributed by atoms with Crippen molar-refractivity contribution in [2.75, 3.05) is 80.7 Å². The summed E-state index contributed by atoms with van der Waals surface area (Å²) in [7, 11) is 8.77. The first kappa shape index (κ1) is 75.1. The Morgan fingerprint density at radius 3 is 1.98 bits per heavy atom. The molecule has 2 aliphatic heterocycles. The van der Waals surface area contributed by atoms with E-state index in [1.54, 1.807) is 27.6 Å². The van der Waals surface area contributed by atoms with Crippen LogP contribution in [0.3, 0.4) is 0 Å². The monoisotopic (exact) mass is 1390 g/mol. The number of aromatic nitrogens is 2. The van der Waals surface area contributed by atoms with Crippen molar-refractivity contribution in [2.24, 2.45) is 29.1 Å². The Balaban J connectivity index is 0.000000235. The van der Waals surface area contributed by atoms with Crippen molar-refractivity contribution in [3.63, 3.8) is 0 Å². The number of aliphatic hydroxyl groups is 1. The normalized spacial score (nSPS) is 25.8. The molecule has 0 spiro atoms. The molecule has 1 amide bonds. The third-order valence-corrected chi connectivity index (χ3v) is 23.2. The minimum atomic E-state index is -1.29. The number of ether oxygens (including phenoxy) is 6. The maximum absolute atomic E-state index is 14.0. The molecule has 1 aromatic heterocycles. The van der Waals surface area contributed by atoms with Crippen molar-refractivity contribution in [1.82, 2.24) is 20.2 Å². The lowest BCUT2D eigenvalue weighted by atomic mass is 9.49. The van der Waals surface area contributed by atoms with Gasteiger partial charge < -0.3 is 58.6 Å². The van der Waals surface area contributed by atoms with Crippen molar-refractivity contribution in [3.05, 3.63) is 96.2 Å². The van der Waals surface area contributed by atoms with Crippen molar-refractivity contribution in [1.29, 1.82) is 0 Å². The number of fused-ring (bicyclic) bond motifs is 7. The van der Waals surface area contributed by atoms with E-state index in [-0.39, 0.29) is 67.8 Å². The number of nitrogens with zero attached hydrogens (tertiary/aromatic N) is 6. The maximum atomic E-state index is 14.0. The number of ketones is 2. The molecule has 2 aromatic rings. The van der Waals surface area contributed by atoms with Crippen LogP contribution in [0.15, 0.2) is 60.2 Å². The van der Waals surface area contributed by atoms with Crippen molar-refractivity contribution < 1.29 is 87.7 Å². The second-order valence-corrected chi connectivity index (χ2v) is 31.5. The lowest BCUT2D eigenvalue weighted by molar-refractivity contribution is -0.756. The number of hydroxylamine groups is 2. The van der Waals surface area contributed by atoms with Crippen molar-refractivity contribution in [2.45, 2.75) is 141 Å². The molecule has 3 N–H and O–H groups in total. The van der Waals surface area contributed by atoms with E-state index in [1.165, 1.54) is 59.0 Å². The fourth-order valence-corrected chi connectivity index (χ4v) is 17.9. The van der Waals surface area contributed by atoms with Gasteiger partial charge in [0.25, 0.3) is 15.3 Å². The predicted molar refractivity (Wildman–Crippen MR) is 345 cm³/mol. The smallest absolute Gasteiger partial charge is 0.477 e. The van der Waals surface area contributed by atoms with Crippen LogP contribution in [0.1, 0.15) is 98.6 Å². The van der Waals surface area contributed by atoms with Gasteiger partial charge in [0.15, 0.2) is 24.3 Å². The zero-order chi connectivity index (χ0) is 66.4. The summed E-state index contributed by atoms with van der Waals surface area (Å²) in [6.07, 6.45) is 6.91. The lowest BCUT2D eigenvalue weighted by Gasteiger charge is -2.56. The highest BCUT2D eigenvalue weighted by Gasteiger charge is 2.70. The van der Waals surface area contributed by atoms with Gasteiger partial charge in [-0.25, -0.2) is 14.3 Å². The summed E-state index contributed by atoms with van der Waals surface area (Å²) in [5, 5.41) is 57.9. The van der Waals surface area contributed by atoms with E-state index >= 15 is 0 Å². The Morgan fingerprint density at radius 2 is 1.38 bits per heavy atom. The van der Waals surface area contributed by atoms with Gasteiger partial charge in [0.05, 0.1) is 30.2 Å². The zero-order valence-corrected chi connectivity index (χ0v) is 56.8. The van der Waals surface area contributed by atoms with Crippen LogP contribution < -0.4 is 10.1 Å². The van der Waals surface area contributed by atoms with Gasteiger partial charge in [0, 0.05) is 88.3 Å². The Bertz CT molecular complexity index is 2790. The topological polar surface area (TPSA) is 354 Å². The minimum Gasteiger partial charge on any atom is -0.477 e. The van der Waals surface area contributed by atoms with Crippen LogP contribution in [0.25, 0.3) is 5.69 Å². The van der Waals surface area contributed by atoms with Gasteiger partial charge in [-0.05, 0) is 103 Å². The Hall–Kier alpha value is -4.91. The van der Waals surface area contributed by atoms with E-state index in [1.807, 2.05) is 84.0 Å². The molecule has 28 nitrogen and oxygen atoms in total. The number of carbonyl (C=O) groups is 4. The molecule has 91 heavy (non-hydrogen) atoms. The number of aryl methyl sites for hydroxylation is 1. The van der Waals surface area contributed by atoms with Gasteiger partial charge >= 0.3 is 12.2 Å². The van der Waals surface area contributed by atoms with E-state index in [0.29, 0.717) is 79.9 Å². The molecule has 508 valence electrons. The van der Waals surface area contributed by atoms with Gasteiger partial charge in [0.1, 0.15) is 32.5 Å². The highest BCUT2D eigenvalue weighted by Crippen LogP contribution is 2.65. The molecule has 0 radical (unpaired) electrons. The molecule has 9 atom stereocenters. The van der Waals surface area contributed by atoms with Crippen LogP contribution in [0.5, 0.6) is 5.88 Å². The molecule has 4 aliphatic carbocycles. The summed E-state index contributed by atoms with van der Waals surface area (Å²) in [4.78, 5) is 93.0. The largest absolute Gasteiger partial charge is 0.508 e. The van der Waals surface area contributed by atoms with Crippen LogP contribution in [-0.2, 0) is 47.8 Å². The number of allylic oxidation sites excluding steroid dienone is 4. The van der Waals surface area contributed by atoms with Crippen LogP contribution in [0.4, 0.5) is 9.59 Å². The molecule has 2 saturated heterocycles. The fourth-order valence-electron chi connectivity index (χ4n) is 12.8. The number of piperidine rings is 1. The summed E-state index contributed by atoms with van der Waals surface area (Å²) in [5.74, 6) is 3.54. The number of nitrogens with one attached hydrogen (secondary N) is 1. The quantitative estimate of drug-likeness (QED) is 0.0201. The minimum absolute atomic E-state index is 0.00830. The average molecular weight is 1390 g/mol. The second-order valence-electron chi connectivity index (χ2n) is 23.4. The van der Waals surface area contributed by atoms with E-state index in [9.17, 15) is 59.8 Å². The van der Waals surface area contributed by atoms with E-state index in [0.717, 1.165) is 42.0 Å². The number of Topliss-reactive ketones (excluding diaryl/α,β-unsaturated/α-hetero) is 1. The highest BCUT2D eigenvalue weighted by atomic mass is 33.1. The second kappa shape index (κ2) is 36.1. The Morgan fingerprint density at radius 1 is 0.802 bits per heavy atom. The van der Waals surface area contributed by atoms with E-state index in [4.69, 9.17) is 28.4 Å². The number of alkyl carbamates (subject to hydrolysis) is 1. The van der Waals surface area contributed by atoms with Crippen molar-refractivity contribution >= 4 is 88.6 Å². The summed E-state index contributed by atoms with van der Waals surface area (Å²) in [6, 6.07) is 11.7. The third kappa shape index (κ3) is 21.8. The summed E-state index contributed by atoms with van der Waals surface area (Å²) in [5.41, 5.74) is 0.222. The summed E-state index contributed by atoms with van der Waals surface area (Å²) >= 11 is 0. The lowest BCUT2D eigenvalue weighted by Crippen LogP contribution is -2.60. The fraction of sp³-hybridized carbons (Fsp3) is 0.702. The maximum Gasteiger partial charge on any atom is 0.508 e. The first-order valence-electron chi connectivity index (χ1n) is 29.8. The molecule has 3 heterocycles. The molecule has 3 saturated carbocycles. The first-order chi connectivity index (χ1) is 43.3. The van der Waals surface area contributed by atoms with Crippen LogP contribution in [-0.4, -0.2) is 186 Å². The predicted octanol–water partition coefficient (Wildman–Crippen LogP) is 9.94. The van der Waals surface area contributed by atoms with Crippen LogP contribution in [0, 0.1) is 66.4 Å². The number of hydrogen-bond acceptors (Lipinski definition) is 29. The van der Waals surface area contributed by atoms with Gasteiger partial charge in [-0.3, -0.25) is 9.59 Å². The van der Waals surface area contributed by atoms with Gasteiger partial charge in [0.2, 0.25) is 11.7 Å². The third-order valence-electron chi connectivity index (χ3n) is 16.2. The summed E-state index contributed by atoms with van der Waals surface area (Å²) in [6.45, 7) is 14.3. The number of carbonyl (C=O) groups excluding carboxylic acids is 4. The molecular weight excluding hydrogens is 1310 g/mol. The number of aliphatic hydroxyl groups excluding tert-OH is 1. The SMILES string of the molecule is CC1(C)CC(OC(=O)OCCSSCCO[N+](=O)[O-])CC(C)(C)N1O.CCCC1O[C@@H]2C[C@@H]3C(C[C@H](O)[C@H]4[C@H]3CCC3=CC(=O)C=C[C@@]34C)[C@]2(C(=O)COC(=O)NCCSSCCO[N+](=O)[O-])O1.Cc1cc(OCCSSCCO[N+](=O)[O-])n(-c2ccccc2)n1. The molecule has 1 aromatic carbocycles. The molecular formula is C57H83N7O21S6. The van der Waals surface area contributed by atoms with E-state index < -0.39 is 74.7 Å².